The van der Waals surface area contributed by atoms with Crippen molar-refractivity contribution in [3.05, 3.63) is 78.9 Å². The quantitative estimate of drug-likeness (QED) is 0.279. The Labute approximate surface area is 158 Å². The molecule has 0 saturated carbocycles. The number of nitrogen functional groups attached to an aromatic ring is 1. The first kappa shape index (κ1) is 18.5. The van der Waals surface area contributed by atoms with Crippen LogP contribution in [0.25, 0.3) is 11.1 Å². The van der Waals surface area contributed by atoms with E-state index in [2.05, 4.69) is 49.6 Å². The lowest BCUT2D eigenvalue weighted by atomic mass is 9.70. The first-order valence-corrected chi connectivity index (χ1v) is 9.94. The summed E-state index contributed by atoms with van der Waals surface area (Å²) in [4.78, 5) is 0. The molecule has 2 aromatic rings. The SMILES string of the molecule is C=CCCCCC1(CCCCC=C)c2ccccc2-c2ccc(N)cc21. The Kier molecular flexibility index (Phi) is 5.98. The Morgan fingerprint density at radius 1 is 0.769 bits per heavy atom. The van der Waals surface area contributed by atoms with E-state index in [0.717, 1.165) is 18.5 Å². The van der Waals surface area contributed by atoms with Crippen molar-refractivity contribution in [2.75, 3.05) is 5.73 Å². The fourth-order valence-electron chi connectivity index (χ4n) is 4.57. The summed E-state index contributed by atoms with van der Waals surface area (Å²) in [7, 11) is 0. The van der Waals surface area contributed by atoms with Crippen LogP contribution in [0.1, 0.15) is 62.5 Å². The zero-order valence-electron chi connectivity index (χ0n) is 15.8. The van der Waals surface area contributed by atoms with Crippen LogP contribution in [0.15, 0.2) is 67.8 Å². The van der Waals surface area contributed by atoms with Gasteiger partial charge in [0.2, 0.25) is 0 Å². The van der Waals surface area contributed by atoms with E-state index in [0.29, 0.717) is 0 Å². The predicted octanol–water partition coefficient (Wildman–Crippen LogP) is 7.03. The van der Waals surface area contributed by atoms with E-state index in [9.17, 15) is 0 Å². The topological polar surface area (TPSA) is 26.0 Å². The molecule has 0 aromatic heterocycles. The van der Waals surface area contributed by atoms with Crippen molar-refractivity contribution in [3.8, 4) is 11.1 Å². The zero-order valence-corrected chi connectivity index (χ0v) is 15.8. The summed E-state index contributed by atoms with van der Waals surface area (Å²) in [6, 6.07) is 15.5. The minimum atomic E-state index is 0.101. The molecule has 0 amide bonds. The minimum absolute atomic E-state index is 0.101. The normalized spacial score (nSPS) is 13.8. The minimum Gasteiger partial charge on any atom is -0.399 e. The third kappa shape index (κ3) is 3.49. The van der Waals surface area contributed by atoms with Crippen molar-refractivity contribution in [3.63, 3.8) is 0 Å². The van der Waals surface area contributed by atoms with E-state index in [-0.39, 0.29) is 5.41 Å². The third-order valence-electron chi connectivity index (χ3n) is 5.82. The molecule has 0 radical (unpaired) electrons. The molecule has 3 rings (SSSR count). The Morgan fingerprint density at radius 2 is 1.38 bits per heavy atom. The molecule has 0 spiro atoms. The van der Waals surface area contributed by atoms with E-state index < -0.39 is 0 Å². The fourth-order valence-corrected chi connectivity index (χ4v) is 4.57. The molecular formula is C25H31N. The van der Waals surface area contributed by atoms with Gasteiger partial charge in [-0.1, -0.05) is 55.3 Å². The molecule has 1 heteroatoms. The second-order valence-electron chi connectivity index (χ2n) is 7.50. The maximum absolute atomic E-state index is 6.21. The van der Waals surface area contributed by atoms with Crippen molar-refractivity contribution >= 4 is 5.69 Å². The van der Waals surface area contributed by atoms with Gasteiger partial charge in [0.25, 0.3) is 0 Å². The molecule has 1 aliphatic carbocycles. The highest BCUT2D eigenvalue weighted by Gasteiger charge is 2.41. The Balaban J connectivity index is 2.01. The standard InChI is InChI=1S/C25H31N/c1-3-5-7-11-17-25(18-12-8-6-4-2)23-14-10-9-13-21(23)22-16-15-20(26)19-24(22)25/h3-4,9-10,13-16,19H,1-2,5-8,11-12,17-18,26H2. The number of hydrogen-bond acceptors (Lipinski definition) is 1. The van der Waals surface area contributed by atoms with Crippen molar-refractivity contribution in [2.45, 2.75) is 56.8 Å². The zero-order chi connectivity index (χ0) is 18.4. The summed E-state index contributed by atoms with van der Waals surface area (Å²) in [5, 5.41) is 0. The van der Waals surface area contributed by atoms with Crippen LogP contribution in [0.2, 0.25) is 0 Å². The molecular weight excluding hydrogens is 314 g/mol. The van der Waals surface area contributed by atoms with Gasteiger partial charge in [-0.15, -0.1) is 13.2 Å². The summed E-state index contributed by atoms with van der Waals surface area (Å²) in [6.07, 6.45) is 13.5. The molecule has 136 valence electrons. The van der Waals surface area contributed by atoms with Crippen LogP contribution >= 0.6 is 0 Å². The Hall–Kier alpha value is -2.28. The monoisotopic (exact) mass is 345 g/mol. The van der Waals surface area contributed by atoms with Crippen molar-refractivity contribution in [1.82, 2.24) is 0 Å². The van der Waals surface area contributed by atoms with Crippen molar-refractivity contribution < 1.29 is 0 Å². The number of hydrogen-bond donors (Lipinski definition) is 1. The average molecular weight is 346 g/mol. The maximum atomic E-state index is 6.21. The Bertz CT molecular complexity index is 755. The number of rotatable bonds is 10. The smallest absolute Gasteiger partial charge is 0.0317 e. The van der Waals surface area contributed by atoms with E-state index >= 15 is 0 Å². The maximum Gasteiger partial charge on any atom is 0.0317 e. The fraction of sp³-hybridized carbons (Fsp3) is 0.360. The van der Waals surface area contributed by atoms with Gasteiger partial charge in [-0.3, -0.25) is 0 Å². The highest BCUT2D eigenvalue weighted by molar-refractivity contribution is 5.82. The number of unbranched alkanes of at least 4 members (excludes halogenated alkanes) is 4. The Morgan fingerprint density at radius 3 is 2.04 bits per heavy atom. The van der Waals surface area contributed by atoms with E-state index in [4.69, 9.17) is 5.73 Å². The lowest BCUT2D eigenvalue weighted by Gasteiger charge is -2.33. The predicted molar refractivity (Wildman–Crippen MR) is 114 cm³/mol. The van der Waals surface area contributed by atoms with Gasteiger partial charge in [-0.05, 0) is 72.9 Å². The molecule has 1 aliphatic rings. The molecule has 0 atom stereocenters. The van der Waals surface area contributed by atoms with Gasteiger partial charge in [0.1, 0.15) is 0 Å². The highest BCUT2D eigenvalue weighted by atomic mass is 14.6. The van der Waals surface area contributed by atoms with Crippen LogP contribution in [0.3, 0.4) is 0 Å². The molecule has 0 fully saturated rings. The molecule has 26 heavy (non-hydrogen) atoms. The van der Waals surface area contributed by atoms with Crippen LogP contribution in [0.5, 0.6) is 0 Å². The molecule has 2 N–H and O–H groups in total. The van der Waals surface area contributed by atoms with Crippen LogP contribution in [-0.4, -0.2) is 0 Å². The number of anilines is 1. The first-order chi connectivity index (χ1) is 12.7. The van der Waals surface area contributed by atoms with Gasteiger partial charge in [-0.25, -0.2) is 0 Å². The van der Waals surface area contributed by atoms with E-state index in [1.54, 1.807) is 0 Å². The van der Waals surface area contributed by atoms with Crippen LogP contribution in [0.4, 0.5) is 5.69 Å². The lowest BCUT2D eigenvalue weighted by molar-refractivity contribution is 0.409. The largest absolute Gasteiger partial charge is 0.399 e. The highest BCUT2D eigenvalue weighted by Crippen LogP contribution is 2.54. The number of nitrogens with two attached hydrogens (primary N) is 1. The second-order valence-corrected chi connectivity index (χ2v) is 7.50. The third-order valence-corrected chi connectivity index (χ3v) is 5.82. The lowest BCUT2D eigenvalue weighted by Crippen LogP contribution is -2.25. The van der Waals surface area contributed by atoms with E-state index in [1.165, 1.54) is 60.8 Å². The molecule has 2 aromatic carbocycles. The first-order valence-electron chi connectivity index (χ1n) is 9.94. The molecule has 0 heterocycles. The summed E-state index contributed by atoms with van der Waals surface area (Å²) in [5.41, 5.74) is 12.9. The van der Waals surface area contributed by atoms with E-state index in [1.807, 2.05) is 18.2 Å². The van der Waals surface area contributed by atoms with Gasteiger partial charge < -0.3 is 5.73 Å². The van der Waals surface area contributed by atoms with Gasteiger partial charge in [-0.2, -0.15) is 0 Å². The second kappa shape index (κ2) is 8.40. The van der Waals surface area contributed by atoms with Gasteiger partial charge >= 0.3 is 0 Å². The molecule has 0 aliphatic heterocycles. The van der Waals surface area contributed by atoms with Crippen LogP contribution in [0, 0.1) is 0 Å². The molecule has 1 nitrogen and oxygen atoms in total. The van der Waals surface area contributed by atoms with Gasteiger partial charge in [0.05, 0.1) is 0 Å². The summed E-state index contributed by atoms with van der Waals surface area (Å²) >= 11 is 0. The number of benzene rings is 2. The van der Waals surface area contributed by atoms with Crippen molar-refractivity contribution in [2.24, 2.45) is 0 Å². The molecule has 0 unspecified atom stereocenters. The van der Waals surface area contributed by atoms with Crippen LogP contribution < -0.4 is 5.73 Å². The summed E-state index contributed by atoms with van der Waals surface area (Å²) in [5.74, 6) is 0. The van der Waals surface area contributed by atoms with Crippen LogP contribution in [-0.2, 0) is 5.41 Å². The van der Waals surface area contributed by atoms with Gasteiger partial charge in [0.15, 0.2) is 0 Å². The average Bonchev–Trinajstić information content (AvgIpc) is 2.92. The number of fused-ring (bicyclic) bond motifs is 3. The van der Waals surface area contributed by atoms with Gasteiger partial charge in [0, 0.05) is 11.1 Å². The molecule has 0 bridgehead atoms. The number of allylic oxidation sites excluding steroid dienone is 2. The summed E-state index contributed by atoms with van der Waals surface area (Å²) < 4.78 is 0. The molecule has 0 saturated heterocycles. The summed E-state index contributed by atoms with van der Waals surface area (Å²) in [6.45, 7) is 7.75. The van der Waals surface area contributed by atoms with Crippen molar-refractivity contribution in [1.29, 1.82) is 0 Å².